The number of nitrogens with zero attached hydrogens (tertiary/aromatic N) is 2. The molecule has 0 radical (unpaired) electrons. The fraction of sp³-hybridized carbons (Fsp3) is 0.263. The lowest BCUT2D eigenvalue weighted by Gasteiger charge is -2.36. The summed E-state index contributed by atoms with van der Waals surface area (Å²) >= 11 is 12.3. The van der Waals surface area contributed by atoms with Gasteiger partial charge in [0, 0.05) is 31.9 Å². The molecule has 29 heavy (non-hydrogen) atoms. The van der Waals surface area contributed by atoms with Gasteiger partial charge in [0.25, 0.3) is 5.91 Å². The van der Waals surface area contributed by atoms with Crippen molar-refractivity contribution in [2.24, 2.45) is 0 Å². The van der Waals surface area contributed by atoms with Gasteiger partial charge in [-0.1, -0.05) is 35.3 Å². The van der Waals surface area contributed by atoms with E-state index in [1.807, 2.05) is 0 Å². The Balaban J connectivity index is 1.65. The molecular formula is C19H16Cl2F3N3O2. The molecule has 1 N–H and O–H groups in total. The number of nitrogens with one attached hydrogen (secondary N) is 1. The highest BCUT2D eigenvalue weighted by Crippen LogP contribution is 2.30. The van der Waals surface area contributed by atoms with Gasteiger partial charge < -0.3 is 15.1 Å². The second-order valence-electron chi connectivity index (χ2n) is 6.38. The molecule has 5 nitrogen and oxygen atoms in total. The van der Waals surface area contributed by atoms with Gasteiger partial charge in [-0.15, -0.1) is 0 Å². The quantitative estimate of drug-likeness (QED) is 0.758. The van der Waals surface area contributed by atoms with Crippen molar-refractivity contribution in [3.05, 3.63) is 58.1 Å². The Labute approximate surface area is 175 Å². The second-order valence-corrected chi connectivity index (χ2v) is 7.19. The highest BCUT2D eigenvalue weighted by molar-refractivity contribution is 6.35. The molecule has 3 rings (SSSR count). The van der Waals surface area contributed by atoms with Gasteiger partial charge in [0.15, 0.2) is 0 Å². The van der Waals surface area contributed by atoms with Crippen LogP contribution in [0.25, 0.3) is 0 Å². The predicted molar refractivity (Wildman–Crippen MR) is 106 cm³/mol. The second kappa shape index (κ2) is 8.51. The third-order valence-corrected chi connectivity index (χ3v) is 5.11. The lowest BCUT2D eigenvalue weighted by Crippen LogP contribution is -2.52. The van der Waals surface area contributed by atoms with E-state index in [2.05, 4.69) is 5.32 Å². The molecule has 10 heteroatoms. The summed E-state index contributed by atoms with van der Waals surface area (Å²) in [5.41, 5.74) is 1.39. The van der Waals surface area contributed by atoms with E-state index in [9.17, 15) is 22.8 Å². The largest absolute Gasteiger partial charge is 0.471 e. The maximum absolute atomic E-state index is 12.5. The van der Waals surface area contributed by atoms with Crippen molar-refractivity contribution < 1.29 is 22.8 Å². The number of anilines is 2. The minimum absolute atomic E-state index is 0.0559. The molecule has 154 valence electrons. The molecule has 2 aromatic carbocycles. The normalized spacial score (nSPS) is 14.7. The highest BCUT2D eigenvalue weighted by Gasteiger charge is 2.43. The van der Waals surface area contributed by atoms with Crippen molar-refractivity contribution >= 4 is 46.4 Å². The molecule has 0 unspecified atom stereocenters. The first kappa shape index (κ1) is 21.3. The first-order valence-electron chi connectivity index (χ1n) is 8.63. The smallest absolute Gasteiger partial charge is 0.367 e. The van der Waals surface area contributed by atoms with Crippen molar-refractivity contribution in [1.29, 1.82) is 0 Å². The molecule has 0 bridgehead atoms. The summed E-state index contributed by atoms with van der Waals surface area (Å²) in [5, 5.41) is 3.35. The van der Waals surface area contributed by atoms with Crippen LogP contribution in [-0.4, -0.2) is 49.1 Å². The van der Waals surface area contributed by atoms with Crippen LogP contribution in [0, 0.1) is 0 Å². The summed E-state index contributed by atoms with van der Waals surface area (Å²) < 4.78 is 37.6. The Hall–Kier alpha value is -2.45. The Morgan fingerprint density at radius 3 is 2.17 bits per heavy atom. The summed E-state index contributed by atoms with van der Waals surface area (Å²) in [7, 11) is 0. The van der Waals surface area contributed by atoms with Gasteiger partial charge in [0.2, 0.25) is 0 Å². The van der Waals surface area contributed by atoms with Crippen molar-refractivity contribution in [3.63, 3.8) is 0 Å². The summed E-state index contributed by atoms with van der Waals surface area (Å²) in [6.07, 6.45) is -4.87. The number of rotatable bonds is 3. The van der Waals surface area contributed by atoms with E-state index in [1.165, 1.54) is 0 Å². The maximum atomic E-state index is 12.5. The molecule has 0 spiro atoms. The third-order valence-electron chi connectivity index (χ3n) is 4.47. The van der Waals surface area contributed by atoms with Gasteiger partial charge in [-0.2, -0.15) is 13.2 Å². The van der Waals surface area contributed by atoms with Crippen LogP contribution < -0.4 is 10.2 Å². The van der Waals surface area contributed by atoms with E-state index in [-0.39, 0.29) is 26.2 Å². The average Bonchev–Trinajstić information content (AvgIpc) is 2.67. The number of benzene rings is 2. The first-order chi connectivity index (χ1) is 13.7. The van der Waals surface area contributed by atoms with Gasteiger partial charge in [-0.25, -0.2) is 0 Å². The summed E-state index contributed by atoms with van der Waals surface area (Å²) in [4.78, 5) is 26.2. The van der Waals surface area contributed by atoms with E-state index in [0.717, 1.165) is 4.90 Å². The minimum atomic E-state index is -4.87. The minimum Gasteiger partial charge on any atom is -0.367 e. The fourth-order valence-corrected chi connectivity index (χ4v) is 3.54. The lowest BCUT2D eigenvalue weighted by atomic mass is 10.2. The van der Waals surface area contributed by atoms with Crippen molar-refractivity contribution in [3.8, 4) is 0 Å². The standard InChI is InChI=1S/C19H16Cl2F3N3O2/c20-14-4-2-1-3-13(14)17(28)25-12-5-6-16(15(21)11-12)26-7-9-27(10-8-26)18(29)19(22,23)24/h1-6,11H,7-10H2,(H,25,28). The Morgan fingerprint density at radius 2 is 1.59 bits per heavy atom. The number of hydrogen-bond acceptors (Lipinski definition) is 3. The van der Waals surface area contributed by atoms with E-state index in [1.54, 1.807) is 47.4 Å². The van der Waals surface area contributed by atoms with Gasteiger partial charge in [0.1, 0.15) is 0 Å². The van der Waals surface area contributed by atoms with Crippen LogP contribution >= 0.6 is 23.2 Å². The monoisotopic (exact) mass is 445 g/mol. The third kappa shape index (κ3) is 4.94. The van der Waals surface area contributed by atoms with Gasteiger partial charge in [-0.05, 0) is 30.3 Å². The fourth-order valence-electron chi connectivity index (χ4n) is 3.01. The molecule has 0 aromatic heterocycles. The van der Waals surface area contributed by atoms with Crippen LogP contribution in [-0.2, 0) is 4.79 Å². The lowest BCUT2D eigenvalue weighted by molar-refractivity contribution is -0.185. The van der Waals surface area contributed by atoms with Crippen LogP contribution in [0.15, 0.2) is 42.5 Å². The van der Waals surface area contributed by atoms with Crippen LogP contribution in [0.3, 0.4) is 0 Å². The summed E-state index contributed by atoms with van der Waals surface area (Å²) in [6.45, 7) is 0.319. The van der Waals surface area contributed by atoms with Crippen molar-refractivity contribution in [2.45, 2.75) is 6.18 Å². The van der Waals surface area contributed by atoms with Crippen LogP contribution in [0.5, 0.6) is 0 Å². The Bertz CT molecular complexity index is 929. The molecule has 0 saturated carbocycles. The number of alkyl halides is 3. The van der Waals surface area contributed by atoms with E-state index < -0.39 is 18.0 Å². The molecular weight excluding hydrogens is 430 g/mol. The van der Waals surface area contributed by atoms with Crippen LogP contribution in [0.1, 0.15) is 10.4 Å². The van der Waals surface area contributed by atoms with Crippen LogP contribution in [0.2, 0.25) is 10.0 Å². The molecule has 1 aliphatic rings. The predicted octanol–water partition coefficient (Wildman–Crippen LogP) is 4.46. The molecule has 1 saturated heterocycles. The maximum Gasteiger partial charge on any atom is 0.471 e. The Morgan fingerprint density at radius 1 is 0.931 bits per heavy atom. The van der Waals surface area contributed by atoms with Crippen LogP contribution in [0.4, 0.5) is 24.5 Å². The van der Waals surface area contributed by atoms with E-state index in [4.69, 9.17) is 23.2 Å². The molecule has 1 fully saturated rings. The number of piperazine rings is 1. The number of amides is 2. The SMILES string of the molecule is O=C(Nc1ccc(N2CCN(C(=O)C(F)(F)F)CC2)c(Cl)c1)c1ccccc1Cl. The van der Waals surface area contributed by atoms with Crippen molar-refractivity contribution in [2.75, 3.05) is 36.4 Å². The summed E-state index contributed by atoms with van der Waals surface area (Å²) in [5.74, 6) is -2.22. The zero-order valence-electron chi connectivity index (χ0n) is 15.0. The topological polar surface area (TPSA) is 52.7 Å². The highest BCUT2D eigenvalue weighted by atomic mass is 35.5. The average molecular weight is 446 g/mol. The van der Waals surface area contributed by atoms with E-state index >= 15 is 0 Å². The van der Waals surface area contributed by atoms with Crippen molar-refractivity contribution in [1.82, 2.24) is 4.90 Å². The number of carbonyl (C=O) groups excluding carboxylic acids is 2. The number of halogens is 5. The molecule has 2 aromatic rings. The zero-order chi connectivity index (χ0) is 21.2. The van der Waals surface area contributed by atoms with Gasteiger partial charge >= 0.3 is 12.1 Å². The number of carbonyl (C=O) groups is 2. The van der Waals surface area contributed by atoms with E-state index in [0.29, 0.717) is 27.0 Å². The van der Waals surface area contributed by atoms with Gasteiger partial charge in [0.05, 0.1) is 21.3 Å². The Kier molecular flexibility index (Phi) is 6.24. The molecule has 2 amide bonds. The molecule has 1 heterocycles. The molecule has 0 atom stereocenters. The summed E-state index contributed by atoms with van der Waals surface area (Å²) in [6, 6.07) is 11.5. The molecule has 0 aliphatic carbocycles. The molecule has 1 aliphatic heterocycles. The number of hydrogen-bond donors (Lipinski definition) is 1. The first-order valence-corrected chi connectivity index (χ1v) is 9.39. The van der Waals surface area contributed by atoms with Gasteiger partial charge in [-0.3, -0.25) is 9.59 Å². The zero-order valence-corrected chi connectivity index (χ0v) is 16.5.